The van der Waals surface area contributed by atoms with Crippen molar-refractivity contribution in [2.24, 2.45) is 0 Å². The van der Waals surface area contributed by atoms with E-state index in [1.54, 1.807) is 12.1 Å². The molecule has 1 saturated heterocycles. The standard InChI is InChI=1S/C17H25BN2O4/c1-11(21)20-10-13(8-12-6-7-15(22)14(19)9-12)18-23-16(2,3)17(4,5)24-18/h6-9,22H,10,19H2,1-5H3,(H,20,21). The van der Waals surface area contributed by atoms with Gasteiger partial charge in [0.2, 0.25) is 5.91 Å². The van der Waals surface area contributed by atoms with E-state index in [1.165, 1.54) is 13.0 Å². The van der Waals surface area contributed by atoms with Crippen molar-refractivity contribution in [2.45, 2.75) is 45.8 Å². The molecule has 130 valence electrons. The minimum absolute atomic E-state index is 0.0335. The van der Waals surface area contributed by atoms with Gasteiger partial charge in [-0.1, -0.05) is 12.1 Å². The Balaban J connectivity index is 2.33. The maximum atomic E-state index is 11.3. The Bertz CT molecular complexity index is 655. The third-order valence-electron chi connectivity index (χ3n) is 4.50. The summed E-state index contributed by atoms with van der Waals surface area (Å²) in [6.07, 6.45) is 1.86. The van der Waals surface area contributed by atoms with Crippen LogP contribution in [0.2, 0.25) is 0 Å². The Kier molecular flexibility index (Phi) is 4.96. The van der Waals surface area contributed by atoms with Crippen LogP contribution >= 0.6 is 0 Å². The van der Waals surface area contributed by atoms with Crippen LogP contribution in [0.15, 0.2) is 23.7 Å². The minimum atomic E-state index is -0.572. The van der Waals surface area contributed by atoms with E-state index in [2.05, 4.69) is 5.32 Å². The van der Waals surface area contributed by atoms with Gasteiger partial charge in [0, 0.05) is 13.5 Å². The number of nitrogens with two attached hydrogens (primary N) is 1. The number of hydrogen-bond acceptors (Lipinski definition) is 5. The highest BCUT2D eigenvalue weighted by Crippen LogP contribution is 2.38. The van der Waals surface area contributed by atoms with E-state index in [1.807, 2.05) is 33.8 Å². The van der Waals surface area contributed by atoms with Crippen molar-refractivity contribution in [3.63, 3.8) is 0 Å². The zero-order chi connectivity index (χ0) is 18.1. The van der Waals surface area contributed by atoms with Crippen LogP contribution in [0.3, 0.4) is 0 Å². The lowest BCUT2D eigenvalue weighted by Crippen LogP contribution is -2.41. The molecular formula is C17H25BN2O4. The fourth-order valence-corrected chi connectivity index (χ4v) is 2.30. The molecule has 0 saturated carbocycles. The molecule has 6 nitrogen and oxygen atoms in total. The second kappa shape index (κ2) is 6.49. The van der Waals surface area contributed by atoms with Crippen LogP contribution in [0.25, 0.3) is 6.08 Å². The average molecular weight is 332 g/mol. The van der Waals surface area contributed by atoms with E-state index in [-0.39, 0.29) is 17.3 Å². The fourth-order valence-electron chi connectivity index (χ4n) is 2.30. The Morgan fingerprint density at radius 1 is 1.29 bits per heavy atom. The molecule has 0 aromatic heterocycles. The lowest BCUT2D eigenvalue weighted by Gasteiger charge is -2.32. The van der Waals surface area contributed by atoms with E-state index in [9.17, 15) is 9.90 Å². The summed E-state index contributed by atoms with van der Waals surface area (Å²) >= 11 is 0. The van der Waals surface area contributed by atoms with Crippen molar-refractivity contribution >= 4 is 24.8 Å². The highest BCUT2D eigenvalue weighted by atomic mass is 16.7. The molecule has 1 aromatic carbocycles. The SMILES string of the molecule is CC(=O)NCC(=Cc1ccc(O)c(N)c1)B1OC(C)(C)C(C)(C)O1. The van der Waals surface area contributed by atoms with Gasteiger partial charge in [0.1, 0.15) is 5.75 Å². The molecular weight excluding hydrogens is 307 g/mol. The zero-order valence-electron chi connectivity index (χ0n) is 14.8. The summed E-state index contributed by atoms with van der Waals surface area (Å²) in [5.41, 5.74) is 6.66. The van der Waals surface area contributed by atoms with Crippen molar-refractivity contribution in [1.29, 1.82) is 0 Å². The Morgan fingerprint density at radius 3 is 2.38 bits per heavy atom. The van der Waals surface area contributed by atoms with E-state index in [0.29, 0.717) is 6.54 Å². The highest BCUT2D eigenvalue weighted by molar-refractivity contribution is 6.56. The van der Waals surface area contributed by atoms with E-state index in [4.69, 9.17) is 15.0 Å². The summed E-state index contributed by atoms with van der Waals surface area (Å²) in [7, 11) is -0.572. The minimum Gasteiger partial charge on any atom is -0.506 e. The number of phenols is 1. The second-order valence-corrected chi connectivity index (χ2v) is 7.04. The molecule has 1 heterocycles. The van der Waals surface area contributed by atoms with Crippen molar-refractivity contribution in [3.05, 3.63) is 29.2 Å². The van der Waals surface area contributed by atoms with Crippen molar-refractivity contribution < 1.29 is 19.2 Å². The van der Waals surface area contributed by atoms with Crippen LogP contribution < -0.4 is 11.1 Å². The van der Waals surface area contributed by atoms with Crippen molar-refractivity contribution in [2.75, 3.05) is 12.3 Å². The van der Waals surface area contributed by atoms with Gasteiger partial charge in [-0.25, -0.2) is 0 Å². The number of benzene rings is 1. The van der Waals surface area contributed by atoms with Crippen LogP contribution in [0.5, 0.6) is 5.75 Å². The Morgan fingerprint density at radius 2 is 1.88 bits per heavy atom. The van der Waals surface area contributed by atoms with Crippen molar-refractivity contribution in [1.82, 2.24) is 5.32 Å². The fraction of sp³-hybridized carbons (Fsp3) is 0.471. The number of nitrogens with one attached hydrogen (secondary N) is 1. The van der Waals surface area contributed by atoms with Gasteiger partial charge >= 0.3 is 7.12 Å². The second-order valence-electron chi connectivity index (χ2n) is 7.04. The number of nitrogen functional groups attached to an aromatic ring is 1. The third-order valence-corrected chi connectivity index (χ3v) is 4.50. The van der Waals surface area contributed by atoms with Gasteiger partial charge in [0.25, 0.3) is 0 Å². The highest BCUT2D eigenvalue weighted by Gasteiger charge is 2.52. The zero-order valence-corrected chi connectivity index (χ0v) is 14.8. The predicted molar refractivity (Wildman–Crippen MR) is 95.3 cm³/mol. The molecule has 7 heteroatoms. The van der Waals surface area contributed by atoms with Gasteiger partial charge in [-0.3, -0.25) is 4.79 Å². The van der Waals surface area contributed by atoms with Gasteiger partial charge in [-0.15, -0.1) is 0 Å². The molecule has 0 spiro atoms. The predicted octanol–water partition coefficient (Wildman–Crippen LogP) is 2.13. The number of amides is 1. The van der Waals surface area contributed by atoms with Crippen LogP contribution in [0.4, 0.5) is 5.69 Å². The third kappa shape index (κ3) is 3.91. The molecule has 4 N–H and O–H groups in total. The molecule has 0 atom stereocenters. The first-order valence-electron chi connectivity index (χ1n) is 7.91. The van der Waals surface area contributed by atoms with Gasteiger partial charge in [0.05, 0.1) is 16.9 Å². The molecule has 0 bridgehead atoms. The lowest BCUT2D eigenvalue weighted by molar-refractivity contribution is -0.118. The van der Waals surface area contributed by atoms with Crippen LogP contribution in [-0.4, -0.2) is 35.9 Å². The lowest BCUT2D eigenvalue weighted by atomic mass is 9.77. The molecule has 0 radical (unpaired) electrons. The van der Waals surface area contributed by atoms with Gasteiger partial charge < -0.3 is 25.5 Å². The first kappa shape index (κ1) is 18.4. The number of aromatic hydroxyl groups is 1. The first-order valence-corrected chi connectivity index (χ1v) is 7.91. The molecule has 2 rings (SSSR count). The van der Waals surface area contributed by atoms with Crippen LogP contribution in [-0.2, 0) is 14.1 Å². The monoisotopic (exact) mass is 332 g/mol. The number of anilines is 1. The number of carbonyl (C=O) groups excluding carboxylic acids is 1. The van der Waals surface area contributed by atoms with E-state index < -0.39 is 18.3 Å². The largest absolute Gasteiger partial charge is 0.506 e. The maximum Gasteiger partial charge on any atom is 0.492 e. The van der Waals surface area contributed by atoms with Crippen molar-refractivity contribution in [3.8, 4) is 5.75 Å². The van der Waals surface area contributed by atoms with E-state index in [0.717, 1.165) is 11.0 Å². The summed E-state index contributed by atoms with van der Waals surface area (Å²) < 4.78 is 12.1. The maximum absolute atomic E-state index is 11.3. The van der Waals surface area contributed by atoms with Gasteiger partial charge in [-0.05, 0) is 50.9 Å². The number of carbonyl (C=O) groups is 1. The Hall–Kier alpha value is -1.99. The van der Waals surface area contributed by atoms with Gasteiger partial charge in [-0.2, -0.15) is 0 Å². The number of hydrogen-bond donors (Lipinski definition) is 3. The van der Waals surface area contributed by atoms with Crippen LogP contribution in [0, 0.1) is 0 Å². The number of rotatable bonds is 4. The molecule has 24 heavy (non-hydrogen) atoms. The molecule has 1 amide bonds. The summed E-state index contributed by atoms with van der Waals surface area (Å²) in [6, 6.07) is 4.93. The summed E-state index contributed by atoms with van der Waals surface area (Å²) in [4.78, 5) is 11.3. The smallest absolute Gasteiger partial charge is 0.492 e. The summed E-state index contributed by atoms with van der Waals surface area (Å²) in [6.45, 7) is 9.65. The molecule has 1 aliphatic rings. The average Bonchev–Trinajstić information content (AvgIpc) is 2.67. The van der Waals surface area contributed by atoms with Crippen LogP contribution in [0.1, 0.15) is 40.2 Å². The molecule has 1 fully saturated rings. The Labute approximate surface area is 143 Å². The first-order chi connectivity index (χ1) is 11.0. The quantitative estimate of drug-likeness (QED) is 0.446. The topological polar surface area (TPSA) is 93.8 Å². The molecule has 0 unspecified atom stereocenters. The number of phenolic OH excluding ortho intramolecular Hbond substituents is 1. The van der Waals surface area contributed by atoms with E-state index >= 15 is 0 Å². The van der Waals surface area contributed by atoms with Gasteiger partial charge in [0.15, 0.2) is 0 Å². The molecule has 0 aliphatic carbocycles. The molecule has 1 aliphatic heterocycles. The summed E-state index contributed by atoms with van der Waals surface area (Å²) in [5, 5.41) is 12.3. The normalized spacial score (nSPS) is 19.4. The summed E-state index contributed by atoms with van der Waals surface area (Å²) in [5.74, 6) is -0.103. The molecule has 1 aromatic rings.